The molecular weight excluding hydrogens is 425 g/mol. The molecule has 0 spiro atoms. The van der Waals surface area contributed by atoms with Crippen LogP contribution in [0.25, 0.3) is 0 Å². The van der Waals surface area contributed by atoms with E-state index in [9.17, 15) is 31.5 Å². The summed E-state index contributed by atoms with van der Waals surface area (Å²) in [5.74, 6) is -3.72. The average molecular weight is 437 g/mol. The van der Waals surface area contributed by atoms with Crippen molar-refractivity contribution < 1.29 is 36.3 Å². The van der Waals surface area contributed by atoms with Crippen LogP contribution in [0.1, 0.15) is 15.9 Å². The molecule has 6 nitrogen and oxygen atoms in total. The quantitative estimate of drug-likeness (QED) is 0.555. The van der Waals surface area contributed by atoms with Crippen LogP contribution in [0.4, 0.5) is 32.4 Å². The molecule has 31 heavy (non-hydrogen) atoms. The number of carbonyl (C=O) groups excluding carboxylic acids is 2. The zero-order valence-corrected chi connectivity index (χ0v) is 15.3. The summed E-state index contributed by atoms with van der Waals surface area (Å²) in [5.41, 5.74) is -1.73. The van der Waals surface area contributed by atoms with Crippen molar-refractivity contribution in [3.8, 4) is 11.6 Å². The molecular formula is C20H12F5N3O3. The van der Waals surface area contributed by atoms with Crippen molar-refractivity contribution in [2.75, 3.05) is 5.32 Å². The van der Waals surface area contributed by atoms with Gasteiger partial charge in [0.05, 0.1) is 17.4 Å². The Balaban J connectivity index is 1.62. The van der Waals surface area contributed by atoms with E-state index >= 15 is 0 Å². The van der Waals surface area contributed by atoms with Crippen LogP contribution in [0.5, 0.6) is 11.6 Å². The molecule has 2 aromatic carbocycles. The Kier molecular flexibility index (Phi) is 6.14. The van der Waals surface area contributed by atoms with Crippen LogP contribution in [0.15, 0.2) is 60.8 Å². The predicted octanol–water partition coefficient (Wildman–Crippen LogP) is 5.13. The number of hydrogen-bond donors (Lipinski definition) is 2. The van der Waals surface area contributed by atoms with E-state index in [-0.39, 0.29) is 17.3 Å². The Hall–Kier alpha value is -4.02. The lowest BCUT2D eigenvalue weighted by molar-refractivity contribution is -0.137. The number of aromatic nitrogens is 1. The number of rotatable bonds is 4. The van der Waals surface area contributed by atoms with E-state index < -0.39 is 40.9 Å². The second kappa shape index (κ2) is 8.78. The third-order valence-corrected chi connectivity index (χ3v) is 3.79. The maximum Gasteiger partial charge on any atom is 0.416 e. The number of halogens is 5. The Morgan fingerprint density at radius 2 is 1.61 bits per heavy atom. The molecule has 0 saturated heterocycles. The second-order valence-electron chi connectivity index (χ2n) is 6.02. The molecule has 1 heterocycles. The van der Waals surface area contributed by atoms with Gasteiger partial charge in [0.2, 0.25) is 5.88 Å². The van der Waals surface area contributed by atoms with E-state index in [1.807, 2.05) is 0 Å². The van der Waals surface area contributed by atoms with Crippen molar-refractivity contribution in [1.82, 2.24) is 10.3 Å². The number of ether oxygens (including phenoxy) is 1. The third kappa shape index (κ3) is 5.53. The van der Waals surface area contributed by atoms with Crippen molar-refractivity contribution >= 4 is 17.6 Å². The average Bonchev–Trinajstić information content (AvgIpc) is 2.69. The maximum absolute atomic E-state index is 13.6. The van der Waals surface area contributed by atoms with Crippen molar-refractivity contribution in [2.45, 2.75) is 6.18 Å². The van der Waals surface area contributed by atoms with Crippen LogP contribution in [-0.2, 0) is 6.18 Å². The first-order valence-corrected chi connectivity index (χ1v) is 8.51. The molecule has 160 valence electrons. The van der Waals surface area contributed by atoms with Crippen molar-refractivity contribution in [1.29, 1.82) is 0 Å². The van der Waals surface area contributed by atoms with Gasteiger partial charge in [-0.25, -0.2) is 18.6 Å². The smallest absolute Gasteiger partial charge is 0.416 e. The molecule has 11 heteroatoms. The van der Waals surface area contributed by atoms with Gasteiger partial charge in [-0.3, -0.25) is 10.1 Å². The summed E-state index contributed by atoms with van der Waals surface area (Å²) < 4.78 is 70.6. The first-order chi connectivity index (χ1) is 14.6. The third-order valence-electron chi connectivity index (χ3n) is 3.79. The zero-order chi connectivity index (χ0) is 22.6. The molecule has 0 saturated carbocycles. The van der Waals surface area contributed by atoms with Gasteiger partial charge < -0.3 is 10.1 Å². The minimum absolute atomic E-state index is 0.0604. The highest BCUT2D eigenvalue weighted by molar-refractivity contribution is 6.08. The fraction of sp³-hybridized carbons (Fsp3) is 0.0500. The minimum Gasteiger partial charge on any atom is -0.439 e. The molecule has 3 aromatic rings. The molecule has 0 fully saturated rings. The van der Waals surface area contributed by atoms with Gasteiger partial charge in [-0.1, -0.05) is 12.1 Å². The fourth-order valence-corrected chi connectivity index (χ4v) is 2.41. The van der Waals surface area contributed by atoms with Crippen LogP contribution in [-0.4, -0.2) is 16.9 Å². The van der Waals surface area contributed by atoms with Crippen LogP contribution >= 0.6 is 0 Å². The summed E-state index contributed by atoms with van der Waals surface area (Å²) in [6.45, 7) is 0. The molecule has 0 aliphatic rings. The number of hydrogen-bond acceptors (Lipinski definition) is 4. The first kappa shape index (κ1) is 21.7. The van der Waals surface area contributed by atoms with Gasteiger partial charge in [0.15, 0.2) is 0 Å². The molecule has 3 rings (SSSR count). The second-order valence-corrected chi connectivity index (χ2v) is 6.02. The van der Waals surface area contributed by atoms with E-state index in [0.29, 0.717) is 0 Å². The molecule has 0 aliphatic carbocycles. The summed E-state index contributed by atoms with van der Waals surface area (Å²) in [4.78, 5) is 27.6. The molecule has 1 aromatic heterocycles. The van der Waals surface area contributed by atoms with Crippen molar-refractivity contribution in [2.24, 2.45) is 0 Å². The Bertz CT molecular complexity index is 1100. The van der Waals surface area contributed by atoms with Gasteiger partial charge in [0.1, 0.15) is 22.9 Å². The van der Waals surface area contributed by atoms with E-state index in [0.717, 1.165) is 36.5 Å². The number of nitrogens with one attached hydrogen (secondary N) is 2. The largest absolute Gasteiger partial charge is 0.439 e. The summed E-state index contributed by atoms with van der Waals surface area (Å²) in [6, 6.07) is 8.44. The number of anilines is 1. The van der Waals surface area contributed by atoms with E-state index in [2.05, 4.69) is 10.3 Å². The molecule has 0 atom stereocenters. The summed E-state index contributed by atoms with van der Waals surface area (Å²) in [6.07, 6.45) is -3.42. The highest BCUT2D eigenvalue weighted by Crippen LogP contribution is 2.32. The first-order valence-electron chi connectivity index (χ1n) is 8.51. The number of imide groups is 1. The molecule has 3 amide bonds. The molecule has 2 N–H and O–H groups in total. The van der Waals surface area contributed by atoms with Gasteiger partial charge in [-0.15, -0.1) is 0 Å². The van der Waals surface area contributed by atoms with Gasteiger partial charge >= 0.3 is 12.2 Å². The monoisotopic (exact) mass is 437 g/mol. The lowest BCUT2D eigenvalue weighted by Crippen LogP contribution is -2.35. The number of alkyl halides is 3. The predicted molar refractivity (Wildman–Crippen MR) is 98.6 cm³/mol. The van der Waals surface area contributed by atoms with Gasteiger partial charge in [-0.05, 0) is 36.4 Å². The number of carbonyl (C=O) groups is 2. The molecule has 0 aliphatic heterocycles. The van der Waals surface area contributed by atoms with Crippen LogP contribution in [0, 0.1) is 11.6 Å². The summed E-state index contributed by atoms with van der Waals surface area (Å²) in [7, 11) is 0. The number of amides is 3. The SMILES string of the molecule is O=C(NC(=O)c1c(F)cccc1F)Nc1ccc(Oc2cccc(C(F)(F)F)c2)nc1. The maximum atomic E-state index is 13.6. The van der Waals surface area contributed by atoms with Crippen molar-refractivity contribution in [3.63, 3.8) is 0 Å². The molecule has 0 radical (unpaired) electrons. The van der Waals surface area contributed by atoms with Crippen molar-refractivity contribution in [3.05, 3.63) is 83.6 Å². The highest BCUT2D eigenvalue weighted by Gasteiger charge is 2.30. The number of urea groups is 1. The summed E-state index contributed by atoms with van der Waals surface area (Å²) in [5, 5.41) is 3.99. The lowest BCUT2D eigenvalue weighted by atomic mass is 10.2. The van der Waals surface area contributed by atoms with E-state index in [1.54, 1.807) is 5.32 Å². The van der Waals surface area contributed by atoms with Gasteiger partial charge in [0, 0.05) is 6.07 Å². The topological polar surface area (TPSA) is 80.3 Å². The summed E-state index contributed by atoms with van der Waals surface area (Å²) >= 11 is 0. The highest BCUT2D eigenvalue weighted by atomic mass is 19.4. The van der Waals surface area contributed by atoms with Crippen LogP contribution in [0.2, 0.25) is 0 Å². The molecule has 0 unspecified atom stereocenters. The van der Waals surface area contributed by atoms with E-state index in [4.69, 9.17) is 4.74 Å². The lowest BCUT2D eigenvalue weighted by Gasteiger charge is -2.10. The number of benzene rings is 2. The Morgan fingerprint density at radius 1 is 0.935 bits per heavy atom. The van der Waals surface area contributed by atoms with Gasteiger partial charge in [-0.2, -0.15) is 13.2 Å². The Morgan fingerprint density at radius 3 is 2.23 bits per heavy atom. The normalized spacial score (nSPS) is 11.0. The van der Waals surface area contributed by atoms with Crippen LogP contribution < -0.4 is 15.4 Å². The van der Waals surface area contributed by atoms with Crippen LogP contribution in [0.3, 0.4) is 0 Å². The molecule has 0 bridgehead atoms. The van der Waals surface area contributed by atoms with Gasteiger partial charge in [0.25, 0.3) is 5.91 Å². The number of pyridine rings is 1. The zero-order valence-electron chi connectivity index (χ0n) is 15.3. The number of nitrogens with zero attached hydrogens (tertiary/aromatic N) is 1. The minimum atomic E-state index is -4.53. The Labute approximate surface area is 171 Å². The standard InChI is InChI=1S/C20H12F5N3O3/c21-14-5-2-6-15(22)17(14)18(29)28-19(30)27-12-7-8-16(26-10-12)31-13-4-1-3-11(9-13)20(23,24)25/h1-10H,(H2,27,28,29,30). The van der Waals surface area contributed by atoms with E-state index in [1.165, 1.54) is 24.3 Å². The fourth-order valence-electron chi connectivity index (χ4n) is 2.41.